The van der Waals surface area contributed by atoms with E-state index in [1.807, 2.05) is 25.1 Å². The molecule has 1 aromatic rings. The van der Waals surface area contributed by atoms with Gasteiger partial charge in [0.1, 0.15) is 0 Å². The molecule has 0 saturated heterocycles. The van der Waals surface area contributed by atoms with E-state index in [9.17, 15) is 4.79 Å². The summed E-state index contributed by atoms with van der Waals surface area (Å²) in [5.74, 6) is 0.543. The van der Waals surface area contributed by atoms with Crippen molar-refractivity contribution in [2.75, 3.05) is 12.4 Å². The second-order valence-electron chi connectivity index (χ2n) is 4.98. The average molecular weight is 347 g/mol. The molecule has 4 heteroatoms. The number of halogens is 2. The first-order chi connectivity index (χ1) is 8.98. The number of hydrogen-bond donors (Lipinski definition) is 1. The predicted octanol–water partition coefficient (Wildman–Crippen LogP) is 4.53. The van der Waals surface area contributed by atoms with Gasteiger partial charge in [-0.15, -0.1) is 11.6 Å². The lowest BCUT2D eigenvalue weighted by Crippen LogP contribution is -2.38. The quantitative estimate of drug-likeness (QED) is 0.753. The van der Waals surface area contributed by atoms with E-state index in [0.29, 0.717) is 12.4 Å². The van der Waals surface area contributed by atoms with Gasteiger partial charge in [0, 0.05) is 27.9 Å². The van der Waals surface area contributed by atoms with Gasteiger partial charge in [-0.05, 0) is 43.5 Å². The minimum atomic E-state index is -0.0265. The van der Waals surface area contributed by atoms with Crippen molar-refractivity contribution >= 4 is 33.4 Å². The van der Waals surface area contributed by atoms with Gasteiger partial charge in [0.15, 0.2) is 0 Å². The maximum atomic E-state index is 12.2. The molecule has 0 radical (unpaired) electrons. The molecule has 106 valence electrons. The van der Waals surface area contributed by atoms with Crippen molar-refractivity contribution in [1.82, 2.24) is 5.32 Å². The number of amides is 1. The van der Waals surface area contributed by atoms with Crippen LogP contribution in [-0.2, 0) is 0 Å². The Hall–Kier alpha value is -0.540. The smallest absolute Gasteiger partial charge is 0.251 e. The Morgan fingerprint density at radius 2 is 2.00 bits per heavy atom. The second-order valence-corrected chi connectivity index (χ2v) is 6.17. The fourth-order valence-corrected chi connectivity index (χ4v) is 2.93. The lowest BCUT2D eigenvalue weighted by Gasteiger charge is -2.29. The number of nitrogens with one attached hydrogen (secondary N) is 1. The van der Waals surface area contributed by atoms with Crippen LogP contribution in [0.5, 0.6) is 0 Å². The molecule has 0 heterocycles. The summed E-state index contributed by atoms with van der Waals surface area (Å²) in [6.45, 7) is 6.79. The van der Waals surface area contributed by atoms with Gasteiger partial charge in [0.25, 0.3) is 5.91 Å². The monoisotopic (exact) mass is 345 g/mol. The van der Waals surface area contributed by atoms with Crippen molar-refractivity contribution in [3.8, 4) is 0 Å². The highest BCUT2D eigenvalue weighted by Gasteiger charge is 2.26. The molecule has 0 fully saturated rings. The molecule has 0 aliphatic heterocycles. The first-order valence-electron chi connectivity index (χ1n) is 6.58. The molecule has 1 N–H and O–H groups in total. The van der Waals surface area contributed by atoms with Gasteiger partial charge >= 0.3 is 0 Å². The third-order valence-corrected chi connectivity index (χ3v) is 4.90. The van der Waals surface area contributed by atoms with Crippen molar-refractivity contribution in [3.63, 3.8) is 0 Å². The Kier molecular flexibility index (Phi) is 6.34. The van der Waals surface area contributed by atoms with E-state index in [1.54, 1.807) is 0 Å². The SMILES string of the molecule is CCC(CC)(CCl)CNC(=O)c1ccc(Br)cc1C. The largest absolute Gasteiger partial charge is 0.351 e. The zero-order valence-electron chi connectivity index (χ0n) is 11.7. The molecule has 0 aromatic heterocycles. The highest BCUT2D eigenvalue weighted by molar-refractivity contribution is 9.10. The summed E-state index contributed by atoms with van der Waals surface area (Å²) in [7, 11) is 0. The summed E-state index contributed by atoms with van der Waals surface area (Å²) in [4.78, 5) is 12.2. The van der Waals surface area contributed by atoms with Gasteiger partial charge in [0.05, 0.1) is 0 Å². The third-order valence-electron chi connectivity index (χ3n) is 3.84. The van der Waals surface area contributed by atoms with Crippen LogP contribution in [0.3, 0.4) is 0 Å². The Balaban J connectivity index is 2.75. The van der Waals surface area contributed by atoms with Crippen LogP contribution in [-0.4, -0.2) is 18.3 Å². The Labute approximate surface area is 129 Å². The van der Waals surface area contributed by atoms with E-state index in [-0.39, 0.29) is 11.3 Å². The van der Waals surface area contributed by atoms with Crippen molar-refractivity contribution in [2.45, 2.75) is 33.6 Å². The summed E-state index contributed by atoms with van der Waals surface area (Å²) in [6, 6.07) is 5.68. The number of carbonyl (C=O) groups excluding carboxylic acids is 1. The van der Waals surface area contributed by atoms with Crippen molar-refractivity contribution in [3.05, 3.63) is 33.8 Å². The zero-order valence-corrected chi connectivity index (χ0v) is 14.1. The summed E-state index contributed by atoms with van der Waals surface area (Å²) in [5, 5.41) is 3.01. The fraction of sp³-hybridized carbons (Fsp3) is 0.533. The number of carbonyl (C=O) groups is 1. The summed E-state index contributed by atoms with van der Waals surface area (Å²) in [6.07, 6.45) is 1.93. The van der Waals surface area contributed by atoms with Crippen LogP contribution in [0.2, 0.25) is 0 Å². The van der Waals surface area contributed by atoms with Crippen LogP contribution >= 0.6 is 27.5 Å². The Morgan fingerprint density at radius 1 is 1.37 bits per heavy atom. The Bertz CT molecular complexity index is 436. The molecular weight excluding hydrogens is 326 g/mol. The van der Waals surface area contributed by atoms with Gasteiger partial charge in [0.2, 0.25) is 0 Å². The Morgan fingerprint density at radius 3 is 2.47 bits per heavy atom. The van der Waals surface area contributed by atoms with Gasteiger partial charge < -0.3 is 5.32 Å². The van der Waals surface area contributed by atoms with Crippen molar-refractivity contribution in [2.24, 2.45) is 5.41 Å². The second kappa shape index (κ2) is 7.30. The molecular formula is C15H21BrClNO. The maximum absolute atomic E-state index is 12.2. The molecule has 0 bridgehead atoms. The fourth-order valence-electron chi connectivity index (χ4n) is 1.98. The molecule has 0 aliphatic rings. The van der Waals surface area contributed by atoms with Crippen LogP contribution < -0.4 is 5.32 Å². The molecule has 2 nitrogen and oxygen atoms in total. The van der Waals surface area contributed by atoms with E-state index in [0.717, 1.165) is 28.4 Å². The highest BCUT2D eigenvalue weighted by Crippen LogP contribution is 2.27. The number of alkyl halides is 1. The lowest BCUT2D eigenvalue weighted by atomic mass is 9.84. The first kappa shape index (κ1) is 16.5. The van der Waals surface area contributed by atoms with E-state index in [2.05, 4.69) is 35.1 Å². The normalized spacial score (nSPS) is 11.4. The number of rotatable bonds is 6. The minimum absolute atomic E-state index is 0.000480. The topological polar surface area (TPSA) is 29.1 Å². The summed E-state index contributed by atoms with van der Waals surface area (Å²) >= 11 is 9.45. The van der Waals surface area contributed by atoms with Gasteiger partial charge in [-0.25, -0.2) is 0 Å². The molecule has 0 aliphatic carbocycles. The van der Waals surface area contributed by atoms with Crippen LogP contribution in [0.1, 0.15) is 42.6 Å². The number of aryl methyl sites for hydroxylation is 1. The van der Waals surface area contributed by atoms with Gasteiger partial charge in [-0.1, -0.05) is 29.8 Å². The third kappa shape index (κ3) is 4.22. The average Bonchev–Trinajstić information content (AvgIpc) is 2.40. The van der Waals surface area contributed by atoms with Gasteiger partial charge in [-0.2, -0.15) is 0 Å². The van der Waals surface area contributed by atoms with E-state index in [4.69, 9.17) is 11.6 Å². The zero-order chi connectivity index (χ0) is 14.5. The molecule has 19 heavy (non-hydrogen) atoms. The standard InChI is InChI=1S/C15H21BrClNO/c1-4-15(5-2,9-17)10-18-14(19)13-7-6-12(16)8-11(13)3/h6-8H,4-5,9-10H2,1-3H3,(H,18,19). The molecule has 1 amide bonds. The van der Waals surface area contributed by atoms with E-state index < -0.39 is 0 Å². The van der Waals surface area contributed by atoms with Crippen molar-refractivity contribution in [1.29, 1.82) is 0 Å². The first-order valence-corrected chi connectivity index (χ1v) is 7.91. The molecule has 0 unspecified atom stereocenters. The van der Waals surface area contributed by atoms with Crippen LogP contribution in [0.15, 0.2) is 22.7 Å². The van der Waals surface area contributed by atoms with Gasteiger partial charge in [-0.3, -0.25) is 4.79 Å². The number of benzene rings is 1. The molecule has 0 saturated carbocycles. The van der Waals surface area contributed by atoms with Crippen molar-refractivity contribution < 1.29 is 4.79 Å². The predicted molar refractivity (Wildman–Crippen MR) is 84.9 cm³/mol. The molecule has 1 rings (SSSR count). The lowest BCUT2D eigenvalue weighted by molar-refractivity contribution is 0.0931. The summed E-state index contributed by atoms with van der Waals surface area (Å²) < 4.78 is 0.985. The van der Waals surface area contributed by atoms with Crippen LogP contribution in [0, 0.1) is 12.3 Å². The van der Waals surface area contributed by atoms with Crippen LogP contribution in [0.4, 0.5) is 0 Å². The minimum Gasteiger partial charge on any atom is -0.351 e. The molecule has 0 atom stereocenters. The van der Waals surface area contributed by atoms with E-state index in [1.165, 1.54) is 0 Å². The maximum Gasteiger partial charge on any atom is 0.251 e. The highest BCUT2D eigenvalue weighted by atomic mass is 79.9. The number of hydrogen-bond acceptors (Lipinski definition) is 1. The molecule has 1 aromatic carbocycles. The van der Waals surface area contributed by atoms with Crippen LogP contribution in [0.25, 0.3) is 0 Å². The molecule has 0 spiro atoms. The van der Waals surface area contributed by atoms with E-state index >= 15 is 0 Å². The summed E-state index contributed by atoms with van der Waals surface area (Å²) in [5.41, 5.74) is 1.69.